The number of aliphatic hydroxyl groups is 2. The normalized spacial score (nSPS) is 23.4. The maximum Gasteiger partial charge on any atom is 0.308 e. The molecule has 2 atom stereocenters. The van der Waals surface area contributed by atoms with Crippen LogP contribution >= 0.6 is 0 Å². The van der Waals surface area contributed by atoms with E-state index in [2.05, 4.69) is 4.90 Å². The predicted molar refractivity (Wildman–Crippen MR) is 63.5 cm³/mol. The zero-order valence-corrected chi connectivity index (χ0v) is 10.5. The van der Waals surface area contributed by atoms with E-state index in [1.54, 1.807) is 6.92 Å². The molecule has 1 aliphatic rings. The summed E-state index contributed by atoms with van der Waals surface area (Å²) in [6.45, 7) is 4.51. The summed E-state index contributed by atoms with van der Waals surface area (Å²) in [7, 11) is 0. The SMILES string of the molecule is CCOC(=O)CC(O)CN1CCCC(CO)C1. The minimum Gasteiger partial charge on any atom is -0.466 e. The summed E-state index contributed by atoms with van der Waals surface area (Å²) >= 11 is 0. The zero-order chi connectivity index (χ0) is 12.7. The zero-order valence-electron chi connectivity index (χ0n) is 10.5. The van der Waals surface area contributed by atoms with Crippen LogP contribution < -0.4 is 0 Å². The molecule has 0 saturated carbocycles. The van der Waals surface area contributed by atoms with Crippen LogP contribution in [-0.2, 0) is 9.53 Å². The molecule has 0 radical (unpaired) electrons. The van der Waals surface area contributed by atoms with Crippen LogP contribution in [0.4, 0.5) is 0 Å². The molecule has 0 aromatic rings. The second-order valence-electron chi connectivity index (χ2n) is 4.61. The van der Waals surface area contributed by atoms with Crippen molar-refractivity contribution in [2.45, 2.75) is 32.3 Å². The Balaban J connectivity index is 2.25. The molecule has 1 heterocycles. The summed E-state index contributed by atoms with van der Waals surface area (Å²) in [5.41, 5.74) is 0. The van der Waals surface area contributed by atoms with Gasteiger partial charge in [0.05, 0.1) is 19.1 Å². The van der Waals surface area contributed by atoms with Crippen LogP contribution in [0.3, 0.4) is 0 Å². The third kappa shape index (κ3) is 5.48. The van der Waals surface area contributed by atoms with Crippen molar-refractivity contribution in [3.63, 3.8) is 0 Å². The van der Waals surface area contributed by atoms with Gasteiger partial charge in [-0.3, -0.25) is 4.79 Å². The molecule has 0 aromatic carbocycles. The van der Waals surface area contributed by atoms with E-state index >= 15 is 0 Å². The van der Waals surface area contributed by atoms with Crippen molar-refractivity contribution in [2.75, 3.05) is 32.8 Å². The van der Waals surface area contributed by atoms with Crippen LogP contribution in [0.1, 0.15) is 26.2 Å². The summed E-state index contributed by atoms with van der Waals surface area (Å²) in [4.78, 5) is 13.3. The molecular weight excluding hydrogens is 222 g/mol. The van der Waals surface area contributed by atoms with Crippen LogP contribution in [0.15, 0.2) is 0 Å². The van der Waals surface area contributed by atoms with Gasteiger partial charge < -0.3 is 19.8 Å². The molecule has 100 valence electrons. The largest absolute Gasteiger partial charge is 0.466 e. The van der Waals surface area contributed by atoms with Crippen molar-refractivity contribution < 1.29 is 19.7 Å². The van der Waals surface area contributed by atoms with Crippen LogP contribution in [-0.4, -0.2) is 60.0 Å². The lowest BCUT2D eigenvalue weighted by atomic mass is 9.98. The Morgan fingerprint density at radius 2 is 2.35 bits per heavy atom. The summed E-state index contributed by atoms with van der Waals surface area (Å²) in [5.74, 6) is -0.0470. The van der Waals surface area contributed by atoms with Crippen molar-refractivity contribution in [3.05, 3.63) is 0 Å². The minimum atomic E-state index is -0.675. The number of carbonyl (C=O) groups excluding carboxylic acids is 1. The first-order valence-electron chi connectivity index (χ1n) is 6.32. The highest BCUT2D eigenvalue weighted by Crippen LogP contribution is 2.16. The lowest BCUT2D eigenvalue weighted by molar-refractivity contribution is -0.145. The van der Waals surface area contributed by atoms with Gasteiger partial charge in [-0.25, -0.2) is 0 Å². The number of piperidine rings is 1. The molecule has 1 aliphatic heterocycles. The molecule has 2 unspecified atom stereocenters. The van der Waals surface area contributed by atoms with Crippen LogP contribution in [0.5, 0.6) is 0 Å². The van der Waals surface area contributed by atoms with Crippen LogP contribution in [0.25, 0.3) is 0 Å². The molecule has 0 aromatic heterocycles. The number of aliphatic hydroxyl groups excluding tert-OH is 2. The average Bonchev–Trinajstić information content (AvgIpc) is 2.29. The maximum atomic E-state index is 11.2. The Labute approximate surface area is 102 Å². The first-order valence-corrected chi connectivity index (χ1v) is 6.32. The molecule has 1 saturated heterocycles. The fourth-order valence-electron chi connectivity index (χ4n) is 2.24. The van der Waals surface area contributed by atoms with E-state index in [-0.39, 0.29) is 19.0 Å². The molecule has 0 spiro atoms. The van der Waals surface area contributed by atoms with E-state index in [4.69, 9.17) is 9.84 Å². The molecule has 17 heavy (non-hydrogen) atoms. The molecule has 5 nitrogen and oxygen atoms in total. The third-order valence-corrected chi connectivity index (χ3v) is 3.04. The number of β-amino-alcohol motifs (C(OH)–C–C–N with tert-alkyl or cyclic N) is 1. The third-order valence-electron chi connectivity index (χ3n) is 3.04. The number of likely N-dealkylation sites (tertiary alicyclic amines) is 1. The Kier molecular flexibility index (Phi) is 6.47. The molecule has 1 fully saturated rings. The van der Waals surface area contributed by atoms with E-state index in [9.17, 15) is 9.90 Å². The van der Waals surface area contributed by atoms with Crippen LogP contribution in [0.2, 0.25) is 0 Å². The molecule has 5 heteroatoms. The number of ether oxygens (including phenoxy) is 1. The molecule has 0 aliphatic carbocycles. The van der Waals surface area contributed by atoms with Crippen molar-refractivity contribution >= 4 is 5.97 Å². The van der Waals surface area contributed by atoms with Gasteiger partial charge in [0.2, 0.25) is 0 Å². The summed E-state index contributed by atoms with van der Waals surface area (Å²) in [6.07, 6.45) is 1.46. The summed E-state index contributed by atoms with van der Waals surface area (Å²) in [5, 5.41) is 18.8. The fourth-order valence-corrected chi connectivity index (χ4v) is 2.24. The highest BCUT2D eigenvalue weighted by Gasteiger charge is 2.22. The molecule has 1 rings (SSSR count). The van der Waals surface area contributed by atoms with Gasteiger partial charge in [-0.1, -0.05) is 0 Å². The Bertz CT molecular complexity index is 235. The van der Waals surface area contributed by atoms with E-state index in [0.717, 1.165) is 25.9 Å². The van der Waals surface area contributed by atoms with Gasteiger partial charge in [-0.15, -0.1) is 0 Å². The van der Waals surface area contributed by atoms with E-state index in [1.807, 2.05) is 0 Å². The molecule has 0 bridgehead atoms. The first-order chi connectivity index (χ1) is 8.15. The van der Waals surface area contributed by atoms with E-state index in [1.165, 1.54) is 0 Å². The van der Waals surface area contributed by atoms with Gasteiger partial charge in [-0.2, -0.15) is 0 Å². The monoisotopic (exact) mass is 245 g/mol. The number of hydrogen-bond donors (Lipinski definition) is 2. The molecular formula is C12H23NO4. The second-order valence-corrected chi connectivity index (χ2v) is 4.61. The van der Waals surface area contributed by atoms with Gasteiger partial charge in [-0.05, 0) is 32.2 Å². The smallest absolute Gasteiger partial charge is 0.308 e. The fraction of sp³-hybridized carbons (Fsp3) is 0.917. The van der Waals surface area contributed by atoms with Gasteiger partial charge in [0.15, 0.2) is 0 Å². The second kappa shape index (κ2) is 7.63. The minimum absolute atomic E-state index is 0.0497. The van der Waals surface area contributed by atoms with Gasteiger partial charge in [0.1, 0.15) is 0 Å². The first kappa shape index (κ1) is 14.4. The quantitative estimate of drug-likeness (QED) is 0.645. The summed E-state index contributed by atoms with van der Waals surface area (Å²) in [6, 6.07) is 0. The topological polar surface area (TPSA) is 70.0 Å². The molecule has 2 N–H and O–H groups in total. The number of esters is 1. The Morgan fingerprint density at radius 1 is 1.59 bits per heavy atom. The average molecular weight is 245 g/mol. The maximum absolute atomic E-state index is 11.2. The number of rotatable bonds is 6. The Morgan fingerprint density at radius 3 is 3.00 bits per heavy atom. The lowest BCUT2D eigenvalue weighted by Crippen LogP contribution is -2.41. The highest BCUT2D eigenvalue weighted by molar-refractivity contribution is 5.69. The number of hydrogen-bond acceptors (Lipinski definition) is 5. The molecule has 0 amide bonds. The van der Waals surface area contributed by atoms with Crippen molar-refractivity contribution in [1.82, 2.24) is 4.90 Å². The highest BCUT2D eigenvalue weighted by atomic mass is 16.5. The lowest BCUT2D eigenvalue weighted by Gasteiger charge is -2.32. The van der Waals surface area contributed by atoms with Gasteiger partial charge >= 0.3 is 5.97 Å². The van der Waals surface area contributed by atoms with Gasteiger partial charge in [0.25, 0.3) is 0 Å². The predicted octanol–water partition coefficient (Wildman–Crippen LogP) is 0.00480. The van der Waals surface area contributed by atoms with Gasteiger partial charge in [0, 0.05) is 19.7 Å². The Hall–Kier alpha value is -0.650. The summed E-state index contributed by atoms with van der Waals surface area (Å²) < 4.78 is 4.79. The van der Waals surface area contributed by atoms with Crippen molar-refractivity contribution in [1.29, 1.82) is 0 Å². The number of carbonyl (C=O) groups is 1. The van der Waals surface area contributed by atoms with E-state index < -0.39 is 6.10 Å². The van der Waals surface area contributed by atoms with Crippen molar-refractivity contribution in [3.8, 4) is 0 Å². The number of nitrogens with zero attached hydrogens (tertiary/aromatic N) is 1. The standard InChI is InChI=1S/C12H23NO4/c1-2-17-12(16)6-11(15)8-13-5-3-4-10(7-13)9-14/h10-11,14-15H,2-9H2,1H3. The van der Waals surface area contributed by atoms with Crippen LogP contribution in [0, 0.1) is 5.92 Å². The van der Waals surface area contributed by atoms with Crippen molar-refractivity contribution in [2.24, 2.45) is 5.92 Å². The van der Waals surface area contributed by atoms with E-state index in [0.29, 0.717) is 19.1 Å².